The maximum Gasteiger partial charge on any atom is 0.407 e. The fourth-order valence-electron chi connectivity index (χ4n) is 3.88. The molecule has 10 nitrogen and oxygen atoms in total. The van der Waals surface area contributed by atoms with Crippen LogP contribution in [-0.4, -0.2) is 47.3 Å². The van der Waals surface area contributed by atoms with E-state index in [9.17, 15) is 4.79 Å². The van der Waals surface area contributed by atoms with Crippen molar-refractivity contribution in [2.75, 3.05) is 5.32 Å². The van der Waals surface area contributed by atoms with Gasteiger partial charge in [-0.3, -0.25) is 4.68 Å². The molecular weight excluding hydrogens is 396 g/mol. The average molecular weight is 427 g/mol. The first-order valence-corrected chi connectivity index (χ1v) is 10.7. The van der Waals surface area contributed by atoms with Crippen LogP contribution in [0.2, 0.25) is 0 Å². The number of carbonyl (C=O) groups excluding carboxylic acids is 1. The van der Waals surface area contributed by atoms with Crippen LogP contribution in [0, 0.1) is 5.92 Å². The zero-order valence-corrected chi connectivity index (χ0v) is 18.5. The highest BCUT2D eigenvalue weighted by molar-refractivity contribution is 5.75. The van der Waals surface area contributed by atoms with Crippen LogP contribution in [0.5, 0.6) is 0 Å². The van der Waals surface area contributed by atoms with Gasteiger partial charge in [-0.2, -0.15) is 15.2 Å². The molecule has 1 fully saturated rings. The molecular formula is C21H30N8O2. The highest BCUT2D eigenvalue weighted by Crippen LogP contribution is 2.27. The van der Waals surface area contributed by atoms with E-state index in [0.29, 0.717) is 11.9 Å². The van der Waals surface area contributed by atoms with Gasteiger partial charge < -0.3 is 15.4 Å². The normalized spacial score (nSPS) is 19.4. The van der Waals surface area contributed by atoms with Crippen LogP contribution in [-0.2, 0) is 18.3 Å². The van der Waals surface area contributed by atoms with Crippen LogP contribution in [0.15, 0.2) is 24.8 Å². The van der Waals surface area contributed by atoms with Gasteiger partial charge in [-0.1, -0.05) is 0 Å². The van der Waals surface area contributed by atoms with E-state index in [1.165, 1.54) is 0 Å². The minimum atomic E-state index is -0.477. The van der Waals surface area contributed by atoms with Crippen molar-refractivity contribution in [3.05, 3.63) is 24.8 Å². The number of rotatable bonds is 5. The van der Waals surface area contributed by atoms with Crippen molar-refractivity contribution in [2.24, 2.45) is 13.0 Å². The van der Waals surface area contributed by atoms with Crippen LogP contribution in [0.4, 0.5) is 16.4 Å². The van der Waals surface area contributed by atoms with Crippen LogP contribution in [0.3, 0.4) is 0 Å². The molecule has 10 heteroatoms. The van der Waals surface area contributed by atoms with Gasteiger partial charge in [0.05, 0.1) is 23.5 Å². The molecule has 0 bridgehead atoms. The van der Waals surface area contributed by atoms with Gasteiger partial charge in [0.1, 0.15) is 5.60 Å². The molecule has 0 unspecified atom stereocenters. The Hall–Kier alpha value is -3.17. The number of aromatic nitrogens is 6. The summed E-state index contributed by atoms with van der Waals surface area (Å²) in [6.07, 6.45) is 10.8. The molecule has 1 saturated carbocycles. The maximum atomic E-state index is 12.0. The third-order valence-corrected chi connectivity index (χ3v) is 5.34. The molecule has 0 aromatic carbocycles. The molecule has 31 heavy (non-hydrogen) atoms. The lowest BCUT2D eigenvalue weighted by atomic mass is 9.86. The molecule has 0 atom stereocenters. The van der Waals surface area contributed by atoms with Crippen molar-refractivity contribution in [1.29, 1.82) is 0 Å². The van der Waals surface area contributed by atoms with E-state index in [4.69, 9.17) is 4.74 Å². The number of fused-ring (bicyclic) bond motifs is 1. The number of nitrogens with zero attached hydrogens (tertiary/aromatic N) is 6. The topological polar surface area (TPSA) is 112 Å². The van der Waals surface area contributed by atoms with Gasteiger partial charge in [0.15, 0.2) is 5.65 Å². The van der Waals surface area contributed by atoms with Gasteiger partial charge in [-0.25, -0.2) is 14.5 Å². The van der Waals surface area contributed by atoms with Crippen molar-refractivity contribution < 1.29 is 9.53 Å². The molecule has 1 amide bonds. The van der Waals surface area contributed by atoms with Crippen LogP contribution in [0.1, 0.15) is 46.5 Å². The van der Waals surface area contributed by atoms with Crippen LogP contribution >= 0.6 is 0 Å². The summed E-state index contributed by atoms with van der Waals surface area (Å²) in [5, 5.41) is 15.8. The molecule has 2 N–H and O–H groups in total. The summed E-state index contributed by atoms with van der Waals surface area (Å²) in [6.45, 7) is 6.42. The molecule has 0 spiro atoms. The van der Waals surface area contributed by atoms with E-state index in [-0.39, 0.29) is 12.1 Å². The Kier molecular flexibility index (Phi) is 5.79. The van der Waals surface area contributed by atoms with Crippen molar-refractivity contribution in [2.45, 2.75) is 64.6 Å². The summed E-state index contributed by atoms with van der Waals surface area (Å²) in [4.78, 5) is 21.0. The van der Waals surface area contributed by atoms with E-state index in [1.807, 2.05) is 38.7 Å². The van der Waals surface area contributed by atoms with E-state index in [0.717, 1.165) is 48.9 Å². The molecule has 4 rings (SSSR count). The standard InChI is InChI=1S/C21H30N8O2/c1-21(2,3)31-20(30)26-16-7-5-14(6-8-16)12-29-18-15(10-24-29)9-22-19(27-18)25-17-11-23-28(4)13-17/h9-11,13-14,16H,5-8,12H2,1-4H3,(H,26,30)(H,22,25,27). The summed E-state index contributed by atoms with van der Waals surface area (Å²) >= 11 is 0. The smallest absolute Gasteiger partial charge is 0.407 e. The molecule has 0 radical (unpaired) electrons. The van der Waals surface area contributed by atoms with Gasteiger partial charge in [0, 0.05) is 32.0 Å². The molecule has 1 aliphatic rings. The molecule has 3 aromatic heterocycles. The van der Waals surface area contributed by atoms with Crippen molar-refractivity contribution in [3.63, 3.8) is 0 Å². The van der Waals surface area contributed by atoms with E-state index < -0.39 is 5.60 Å². The van der Waals surface area contributed by atoms with Gasteiger partial charge in [0.2, 0.25) is 5.95 Å². The largest absolute Gasteiger partial charge is 0.444 e. The number of ether oxygens (including phenoxy) is 1. The molecule has 0 saturated heterocycles. The number of carbonyl (C=O) groups is 1. The van der Waals surface area contributed by atoms with Crippen LogP contribution in [0.25, 0.3) is 11.0 Å². The SMILES string of the molecule is Cn1cc(Nc2ncc3cnn(CC4CCC(NC(=O)OC(C)(C)C)CC4)c3n2)cn1. The molecule has 3 aromatic rings. The molecule has 1 aliphatic carbocycles. The summed E-state index contributed by atoms with van der Waals surface area (Å²) in [7, 11) is 1.86. The lowest BCUT2D eigenvalue weighted by Crippen LogP contribution is -2.41. The third kappa shape index (κ3) is 5.50. The second kappa shape index (κ2) is 8.52. The minimum absolute atomic E-state index is 0.165. The zero-order valence-electron chi connectivity index (χ0n) is 18.5. The van der Waals surface area contributed by atoms with Gasteiger partial charge in [-0.15, -0.1) is 0 Å². The first-order valence-electron chi connectivity index (χ1n) is 10.7. The Morgan fingerprint density at radius 2 is 1.94 bits per heavy atom. The van der Waals surface area contributed by atoms with Crippen molar-refractivity contribution in [1.82, 2.24) is 34.8 Å². The maximum absolute atomic E-state index is 12.0. The predicted octanol–water partition coefficient (Wildman–Crippen LogP) is 3.39. The quantitative estimate of drug-likeness (QED) is 0.643. The molecule has 3 heterocycles. The lowest BCUT2D eigenvalue weighted by Gasteiger charge is -2.30. The number of amides is 1. The van der Waals surface area contributed by atoms with Gasteiger partial charge >= 0.3 is 6.09 Å². The number of nitrogens with one attached hydrogen (secondary N) is 2. The highest BCUT2D eigenvalue weighted by atomic mass is 16.6. The van der Waals surface area contributed by atoms with Crippen molar-refractivity contribution >= 4 is 28.8 Å². The number of hydrogen-bond acceptors (Lipinski definition) is 7. The summed E-state index contributed by atoms with van der Waals surface area (Å²) in [6, 6.07) is 0.165. The number of aryl methyl sites for hydroxylation is 1. The molecule has 0 aliphatic heterocycles. The minimum Gasteiger partial charge on any atom is -0.444 e. The number of anilines is 2. The first kappa shape index (κ1) is 21.1. The average Bonchev–Trinajstić information content (AvgIpc) is 3.28. The van der Waals surface area contributed by atoms with E-state index in [1.54, 1.807) is 23.3 Å². The Morgan fingerprint density at radius 3 is 2.61 bits per heavy atom. The second-order valence-corrected chi connectivity index (χ2v) is 9.19. The number of alkyl carbamates (subject to hydrolysis) is 1. The predicted molar refractivity (Wildman–Crippen MR) is 117 cm³/mol. The Balaban J connectivity index is 1.35. The lowest BCUT2D eigenvalue weighted by molar-refractivity contribution is 0.0486. The fraction of sp³-hybridized carbons (Fsp3) is 0.571. The first-order chi connectivity index (χ1) is 14.7. The summed E-state index contributed by atoms with van der Waals surface area (Å²) in [5.41, 5.74) is 1.17. The third-order valence-electron chi connectivity index (χ3n) is 5.34. The zero-order chi connectivity index (χ0) is 22.0. The molecule has 166 valence electrons. The van der Waals surface area contributed by atoms with E-state index >= 15 is 0 Å². The summed E-state index contributed by atoms with van der Waals surface area (Å²) < 4.78 is 9.04. The fourth-order valence-corrected chi connectivity index (χ4v) is 3.88. The second-order valence-electron chi connectivity index (χ2n) is 9.19. The van der Waals surface area contributed by atoms with E-state index in [2.05, 4.69) is 30.8 Å². The summed E-state index contributed by atoms with van der Waals surface area (Å²) in [5.74, 6) is 1.01. The van der Waals surface area contributed by atoms with Gasteiger partial charge in [0.25, 0.3) is 0 Å². The van der Waals surface area contributed by atoms with Gasteiger partial charge in [-0.05, 0) is 52.4 Å². The van der Waals surface area contributed by atoms with Crippen LogP contribution < -0.4 is 10.6 Å². The van der Waals surface area contributed by atoms with Crippen molar-refractivity contribution in [3.8, 4) is 0 Å². The Morgan fingerprint density at radius 1 is 1.16 bits per heavy atom. The Bertz CT molecular complexity index is 1040. The monoisotopic (exact) mass is 426 g/mol. The number of hydrogen-bond donors (Lipinski definition) is 2. The highest BCUT2D eigenvalue weighted by Gasteiger charge is 2.25. The Labute approximate surface area is 181 Å².